The van der Waals surface area contributed by atoms with Gasteiger partial charge in [0.25, 0.3) is 0 Å². The summed E-state index contributed by atoms with van der Waals surface area (Å²) in [6.07, 6.45) is -4.52. The Hall–Kier alpha value is -1.78. The summed E-state index contributed by atoms with van der Waals surface area (Å²) in [7, 11) is 2.00. The van der Waals surface area contributed by atoms with Crippen LogP contribution < -0.4 is 5.43 Å². The lowest BCUT2D eigenvalue weighted by Gasteiger charge is -2.33. The van der Waals surface area contributed by atoms with Gasteiger partial charge in [-0.05, 0) is 25.2 Å². The van der Waals surface area contributed by atoms with Gasteiger partial charge in [-0.15, -0.1) is 0 Å². The van der Waals surface area contributed by atoms with Gasteiger partial charge >= 0.3 is 6.18 Å². The van der Waals surface area contributed by atoms with E-state index in [0.29, 0.717) is 5.69 Å². The largest absolute Gasteiger partial charge is 0.417 e. The molecule has 0 atom stereocenters. The second-order valence-corrected chi connectivity index (χ2v) is 4.77. The lowest BCUT2D eigenvalue weighted by atomic mass is 10.1. The van der Waals surface area contributed by atoms with Gasteiger partial charge in [-0.1, -0.05) is 0 Å². The molecule has 2 rings (SSSR count). The van der Waals surface area contributed by atoms with E-state index >= 15 is 0 Å². The summed E-state index contributed by atoms with van der Waals surface area (Å²) in [6, 6.07) is 5.24. The minimum absolute atomic E-state index is 0.348. The average Bonchev–Trinajstić information content (AvgIpc) is 2.40. The van der Waals surface area contributed by atoms with Crippen molar-refractivity contribution in [3.63, 3.8) is 0 Å². The molecule has 1 saturated heterocycles. The number of nitriles is 1. The smallest absolute Gasteiger partial charge is 0.319 e. The number of hydrazine groups is 1. The van der Waals surface area contributed by atoms with Gasteiger partial charge in [0.1, 0.15) is 0 Å². The first-order valence-electron chi connectivity index (χ1n) is 6.21. The Bertz CT molecular complexity index is 513. The van der Waals surface area contributed by atoms with Crippen LogP contribution in [-0.2, 0) is 6.18 Å². The highest BCUT2D eigenvalue weighted by Gasteiger charge is 2.34. The number of nitrogens with zero attached hydrogens (tertiary/aromatic N) is 3. The van der Waals surface area contributed by atoms with Gasteiger partial charge in [0.2, 0.25) is 0 Å². The van der Waals surface area contributed by atoms with Crippen LogP contribution >= 0.6 is 0 Å². The summed E-state index contributed by atoms with van der Waals surface area (Å²) >= 11 is 0. The summed E-state index contributed by atoms with van der Waals surface area (Å²) in [4.78, 5) is 2.15. The SMILES string of the molecule is CN1CCN(Nc2ccc(C#N)c(C(F)(F)F)c2)CC1. The van der Waals surface area contributed by atoms with E-state index in [9.17, 15) is 13.2 Å². The quantitative estimate of drug-likeness (QED) is 0.903. The Morgan fingerprint density at radius 3 is 2.40 bits per heavy atom. The van der Waals surface area contributed by atoms with Gasteiger partial charge in [-0.2, -0.15) is 18.4 Å². The predicted octanol–water partition coefficient (Wildman–Crippen LogP) is 2.15. The summed E-state index contributed by atoms with van der Waals surface area (Å²) in [5.74, 6) is 0. The number of halogens is 3. The highest BCUT2D eigenvalue weighted by atomic mass is 19.4. The Labute approximate surface area is 115 Å². The predicted molar refractivity (Wildman–Crippen MR) is 68.9 cm³/mol. The maximum absolute atomic E-state index is 12.8. The summed E-state index contributed by atoms with van der Waals surface area (Å²) in [5.41, 5.74) is 2.05. The van der Waals surface area contributed by atoms with Gasteiger partial charge in [0.05, 0.1) is 17.2 Å². The molecular weight excluding hydrogens is 269 g/mol. The Balaban J connectivity index is 2.15. The van der Waals surface area contributed by atoms with Crippen molar-refractivity contribution in [2.24, 2.45) is 0 Å². The van der Waals surface area contributed by atoms with E-state index < -0.39 is 11.7 Å². The number of rotatable bonds is 2. The number of anilines is 1. The maximum atomic E-state index is 12.8. The van der Waals surface area contributed by atoms with Gasteiger partial charge < -0.3 is 10.3 Å². The molecule has 1 fully saturated rings. The van der Waals surface area contributed by atoms with E-state index in [1.54, 1.807) is 6.07 Å². The summed E-state index contributed by atoms with van der Waals surface area (Å²) in [5, 5.41) is 10.6. The molecule has 20 heavy (non-hydrogen) atoms. The van der Waals surface area contributed by atoms with E-state index in [1.807, 2.05) is 12.1 Å². The number of piperazine rings is 1. The van der Waals surface area contributed by atoms with Crippen LogP contribution in [0.25, 0.3) is 0 Å². The molecule has 0 spiro atoms. The Morgan fingerprint density at radius 1 is 1.20 bits per heavy atom. The van der Waals surface area contributed by atoms with E-state index in [4.69, 9.17) is 5.26 Å². The number of hydrogen-bond donors (Lipinski definition) is 1. The van der Waals surface area contributed by atoms with Crippen LogP contribution in [0.4, 0.5) is 18.9 Å². The average molecular weight is 284 g/mol. The fourth-order valence-corrected chi connectivity index (χ4v) is 2.05. The topological polar surface area (TPSA) is 42.3 Å². The van der Waals surface area contributed by atoms with Crippen molar-refractivity contribution in [2.75, 3.05) is 38.7 Å². The van der Waals surface area contributed by atoms with E-state index in [2.05, 4.69) is 10.3 Å². The number of benzene rings is 1. The Kier molecular flexibility index (Phi) is 4.16. The zero-order valence-electron chi connectivity index (χ0n) is 11.0. The van der Waals surface area contributed by atoms with Crippen molar-refractivity contribution in [1.82, 2.24) is 9.91 Å². The van der Waals surface area contributed by atoms with Gasteiger partial charge in [0.15, 0.2) is 0 Å². The van der Waals surface area contributed by atoms with Gasteiger partial charge in [0, 0.05) is 31.9 Å². The molecule has 4 nitrogen and oxygen atoms in total. The molecule has 0 unspecified atom stereocenters. The van der Waals surface area contributed by atoms with Crippen LogP contribution in [0.1, 0.15) is 11.1 Å². The first-order chi connectivity index (χ1) is 9.40. The first kappa shape index (κ1) is 14.6. The van der Waals surface area contributed by atoms with Crippen LogP contribution in [0, 0.1) is 11.3 Å². The van der Waals surface area contributed by atoms with Crippen LogP contribution in [0.3, 0.4) is 0 Å². The van der Waals surface area contributed by atoms with E-state index in [0.717, 1.165) is 32.2 Å². The molecule has 7 heteroatoms. The second-order valence-electron chi connectivity index (χ2n) is 4.77. The molecule has 0 aromatic heterocycles. The summed E-state index contributed by atoms with van der Waals surface area (Å²) < 4.78 is 38.5. The lowest BCUT2D eigenvalue weighted by molar-refractivity contribution is -0.137. The van der Waals surface area contributed by atoms with Crippen LogP contribution in [0.5, 0.6) is 0 Å². The third-order valence-electron chi connectivity index (χ3n) is 3.24. The Morgan fingerprint density at radius 2 is 1.85 bits per heavy atom. The molecule has 0 saturated carbocycles. The third-order valence-corrected chi connectivity index (χ3v) is 3.24. The molecule has 0 amide bonds. The molecule has 0 radical (unpaired) electrons. The van der Waals surface area contributed by atoms with Crippen molar-refractivity contribution in [3.05, 3.63) is 29.3 Å². The molecule has 1 aliphatic heterocycles. The number of alkyl halides is 3. The monoisotopic (exact) mass is 284 g/mol. The third kappa shape index (κ3) is 3.40. The minimum Gasteiger partial charge on any atom is -0.319 e. The minimum atomic E-state index is -4.52. The van der Waals surface area contributed by atoms with Crippen molar-refractivity contribution in [2.45, 2.75) is 6.18 Å². The number of hydrogen-bond acceptors (Lipinski definition) is 4. The van der Waals surface area contributed by atoms with Crippen molar-refractivity contribution >= 4 is 5.69 Å². The van der Waals surface area contributed by atoms with Crippen LogP contribution in [0.15, 0.2) is 18.2 Å². The fraction of sp³-hybridized carbons (Fsp3) is 0.462. The molecule has 1 aliphatic rings. The fourth-order valence-electron chi connectivity index (χ4n) is 2.05. The number of likely N-dealkylation sites (N-methyl/N-ethyl adjacent to an activating group) is 1. The molecular formula is C13H15F3N4. The molecule has 108 valence electrons. The normalized spacial score (nSPS) is 17.8. The van der Waals surface area contributed by atoms with Crippen LogP contribution in [-0.4, -0.2) is 43.1 Å². The molecule has 0 bridgehead atoms. The number of nitrogens with one attached hydrogen (secondary N) is 1. The molecule has 0 aliphatic carbocycles. The standard InChI is InChI=1S/C13H15F3N4/c1-19-4-6-20(7-5-19)18-11-3-2-10(9-17)12(8-11)13(14,15)16/h2-3,8,18H,4-7H2,1H3. The first-order valence-corrected chi connectivity index (χ1v) is 6.21. The molecule has 1 N–H and O–H groups in total. The van der Waals surface area contributed by atoms with Crippen molar-refractivity contribution < 1.29 is 13.2 Å². The van der Waals surface area contributed by atoms with Gasteiger partial charge in [-0.3, -0.25) is 0 Å². The van der Waals surface area contributed by atoms with Crippen LogP contribution in [0.2, 0.25) is 0 Å². The van der Waals surface area contributed by atoms with Crippen molar-refractivity contribution in [1.29, 1.82) is 5.26 Å². The zero-order chi connectivity index (χ0) is 14.8. The van der Waals surface area contributed by atoms with E-state index in [-0.39, 0.29) is 5.56 Å². The van der Waals surface area contributed by atoms with Gasteiger partial charge in [-0.25, -0.2) is 5.01 Å². The highest BCUT2D eigenvalue weighted by molar-refractivity contribution is 5.52. The summed E-state index contributed by atoms with van der Waals surface area (Å²) in [6.45, 7) is 3.18. The zero-order valence-corrected chi connectivity index (χ0v) is 11.0. The lowest BCUT2D eigenvalue weighted by Crippen LogP contribution is -2.46. The molecule has 1 aromatic carbocycles. The molecule has 1 heterocycles. The molecule has 1 aromatic rings. The highest BCUT2D eigenvalue weighted by Crippen LogP contribution is 2.33. The van der Waals surface area contributed by atoms with E-state index in [1.165, 1.54) is 12.1 Å². The maximum Gasteiger partial charge on any atom is 0.417 e. The second kappa shape index (κ2) is 5.69. The van der Waals surface area contributed by atoms with Crippen molar-refractivity contribution in [3.8, 4) is 6.07 Å².